The maximum atomic E-state index is 5.81. The minimum absolute atomic E-state index is 0.419. The molecule has 0 bridgehead atoms. The van der Waals surface area contributed by atoms with Crippen molar-refractivity contribution in [3.63, 3.8) is 0 Å². The quantitative estimate of drug-likeness (QED) is 0.755. The van der Waals surface area contributed by atoms with E-state index in [1.807, 2.05) is 17.4 Å². The topological polar surface area (TPSA) is 54.7 Å². The number of aromatic amines is 1. The molecule has 3 N–H and O–H groups in total. The predicted molar refractivity (Wildman–Crippen MR) is 83.1 cm³/mol. The van der Waals surface area contributed by atoms with Crippen LogP contribution in [0.3, 0.4) is 0 Å². The molecule has 0 saturated heterocycles. The van der Waals surface area contributed by atoms with Crippen molar-refractivity contribution < 1.29 is 0 Å². The Bertz CT molecular complexity index is 756. The summed E-state index contributed by atoms with van der Waals surface area (Å²) in [7, 11) is 0. The molecule has 102 valence electrons. The smallest absolute Gasteiger partial charge is 0.114 e. The summed E-state index contributed by atoms with van der Waals surface area (Å²) in [4.78, 5) is 9.89. The first kappa shape index (κ1) is 12.1. The van der Waals surface area contributed by atoms with Crippen LogP contribution in [0.1, 0.15) is 40.6 Å². The van der Waals surface area contributed by atoms with Gasteiger partial charge >= 0.3 is 0 Å². The minimum Gasteiger partial charge on any atom is -0.341 e. The summed E-state index contributed by atoms with van der Waals surface area (Å²) in [5, 5.41) is 2.21. The van der Waals surface area contributed by atoms with E-state index >= 15 is 0 Å². The number of imidazole rings is 1. The Kier molecular flexibility index (Phi) is 2.86. The summed E-state index contributed by atoms with van der Waals surface area (Å²) < 4.78 is 0. The van der Waals surface area contributed by atoms with Crippen LogP contribution in [-0.2, 0) is 13.0 Å². The molecule has 3 nitrogen and oxygen atoms in total. The molecular formula is C16H17N3S. The van der Waals surface area contributed by atoms with Crippen molar-refractivity contribution >= 4 is 22.4 Å². The molecule has 1 aromatic carbocycles. The molecule has 2 aromatic heterocycles. The Hall–Kier alpha value is -1.65. The fraction of sp³-hybridized carbons (Fsp3) is 0.312. The maximum absolute atomic E-state index is 5.81. The lowest BCUT2D eigenvalue weighted by Crippen LogP contribution is -2.09. The normalized spacial score (nSPS) is 18.4. The monoisotopic (exact) mass is 283 g/mol. The lowest BCUT2D eigenvalue weighted by Gasteiger charge is -2.20. The second kappa shape index (κ2) is 4.72. The van der Waals surface area contributed by atoms with Gasteiger partial charge in [-0.1, -0.05) is 12.1 Å². The largest absolute Gasteiger partial charge is 0.341 e. The molecule has 0 aliphatic heterocycles. The number of nitrogens with zero attached hydrogens (tertiary/aromatic N) is 1. The standard InChI is InChI=1S/C16H17N3S/c17-9-10-3-1-5-13-15(10)19-16(18-13)12-4-2-6-14-11(12)7-8-20-14/h1,3,5,7-8,12H,2,4,6,9,17H2,(H,18,19). The van der Waals surface area contributed by atoms with E-state index in [9.17, 15) is 0 Å². The highest BCUT2D eigenvalue weighted by atomic mass is 32.1. The van der Waals surface area contributed by atoms with E-state index in [-0.39, 0.29) is 0 Å². The van der Waals surface area contributed by atoms with Crippen molar-refractivity contribution in [1.29, 1.82) is 0 Å². The number of para-hydroxylation sites is 1. The number of thiophene rings is 1. The molecule has 3 aromatic rings. The maximum Gasteiger partial charge on any atom is 0.114 e. The van der Waals surface area contributed by atoms with E-state index in [1.54, 1.807) is 0 Å². The van der Waals surface area contributed by atoms with Crippen molar-refractivity contribution in [2.75, 3.05) is 0 Å². The SMILES string of the molecule is NCc1cccc2[nH]c(C3CCCc4sccc43)nc12. The Balaban J connectivity index is 1.84. The fourth-order valence-electron chi connectivity index (χ4n) is 3.21. The number of rotatable bonds is 2. The molecule has 2 heterocycles. The van der Waals surface area contributed by atoms with Gasteiger partial charge < -0.3 is 10.7 Å². The highest BCUT2D eigenvalue weighted by Gasteiger charge is 2.25. The third-order valence-electron chi connectivity index (χ3n) is 4.22. The van der Waals surface area contributed by atoms with E-state index in [1.165, 1.54) is 29.7 Å². The Labute approximate surface area is 121 Å². The third kappa shape index (κ3) is 1.79. The second-order valence-corrected chi connectivity index (χ2v) is 6.38. The van der Waals surface area contributed by atoms with E-state index in [0.717, 1.165) is 22.4 Å². The van der Waals surface area contributed by atoms with Gasteiger partial charge in [0.2, 0.25) is 0 Å². The molecule has 0 amide bonds. The Morgan fingerprint density at radius 1 is 1.35 bits per heavy atom. The van der Waals surface area contributed by atoms with Crippen LogP contribution in [-0.4, -0.2) is 9.97 Å². The van der Waals surface area contributed by atoms with E-state index in [4.69, 9.17) is 10.7 Å². The molecular weight excluding hydrogens is 266 g/mol. The van der Waals surface area contributed by atoms with Crippen LogP contribution in [0.2, 0.25) is 0 Å². The highest BCUT2D eigenvalue weighted by Crippen LogP contribution is 2.38. The van der Waals surface area contributed by atoms with Crippen LogP contribution in [0, 0.1) is 0 Å². The van der Waals surface area contributed by atoms with E-state index in [2.05, 4.69) is 28.6 Å². The van der Waals surface area contributed by atoms with Crippen molar-refractivity contribution in [2.45, 2.75) is 31.7 Å². The van der Waals surface area contributed by atoms with Gasteiger partial charge in [0.05, 0.1) is 11.0 Å². The summed E-state index contributed by atoms with van der Waals surface area (Å²) in [6, 6.07) is 8.45. The van der Waals surface area contributed by atoms with Gasteiger partial charge in [0.15, 0.2) is 0 Å². The lowest BCUT2D eigenvalue weighted by molar-refractivity contribution is 0.604. The Morgan fingerprint density at radius 3 is 3.20 bits per heavy atom. The zero-order valence-corrected chi connectivity index (χ0v) is 12.0. The van der Waals surface area contributed by atoms with Crippen LogP contribution in [0.5, 0.6) is 0 Å². The average Bonchev–Trinajstić information content (AvgIpc) is 3.12. The van der Waals surface area contributed by atoms with Gasteiger partial charge in [0.25, 0.3) is 0 Å². The molecule has 0 radical (unpaired) electrons. The molecule has 4 rings (SSSR count). The molecule has 0 spiro atoms. The van der Waals surface area contributed by atoms with Gasteiger partial charge in [-0.05, 0) is 47.9 Å². The third-order valence-corrected chi connectivity index (χ3v) is 5.21. The number of aryl methyl sites for hydroxylation is 1. The van der Waals surface area contributed by atoms with Gasteiger partial charge in [-0.15, -0.1) is 11.3 Å². The minimum atomic E-state index is 0.419. The van der Waals surface area contributed by atoms with Crippen LogP contribution < -0.4 is 5.73 Å². The number of benzene rings is 1. The molecule has 20 heavy (non-hydrogen) atoms. The van der Waals surface area contributed by atoms with Crippen LogP contribution >= 0.6 is 11.3 Å². The molecule has 1 aliphatic carbocycles. The first-order valence-corrected chi connectivity index (χ1v) is 7.98. The lowest BCUT2D eigenvalue weighted by atomic mass is 9.87. The Morgan fingerprint density at radius 2 is 2.30 bits per heavy atom. The van der Waals surface area contributed by atoms with Gasteiger partial charge in [0.1, 0.15) is 5.82 Å². The second-order valence-electron chi connectivity index (χ2n) is 5.38. The van der Waals surface area contributed by atoms with Crippen molar-refractivity contribution in [3.8, 4) is 0 Å². The first-order valence-electron chi connectivity index (χ1n) is 7.10. The van der Waals surface area contributed by atoms with Crippen LogP contribution in [0.4, 0.5) is 0 Å². The summed E-state index contributed by atoms with van der Waals surface area (Å²) >= 11 is 1.88. The van der Waals surface area contributed by atoms with Crippen LogP contribution in [0.15, 0.2) is 29.6 Å². The molecule has 0 fully saturated rings. The molecule has 0 saturated carbocycles. The van der Waals surface area contributed by atoms with E-state index in [0.29, 0.717) is 12.5 Å². The number of nitrogens with one attached hydrogen (secondary N) is 1. The molecule has 1 unspecified atom stereocenters. The fourth-order valence-corrected chi connectivity index (χ4v) is 4.20. The van der Waals surface area contributed by atoms with Gasteiger partial charge in [-0.3, -0.25) is 0 Å². The number of aromatic nitrogens is 2. The molecule has 4 heteroatoms. The first-order chi connectivity index (χ1) is 9.86. The summed E-state index contributed by atoms with van der Waals surface area (Å²) in [6.07, 6.45) is 3.65. The van der Waals surface area contributed by atoms with Crippen LogP contribution in [0.25, 0.3) is 11.0 Å². The van der Waals surface area contributed by atoms with Gasteiger partial charge in [-0.2, -0.15) is 0 Å². The molecule has 1 atom stereocenters. The number of fused-ring (bicyclic) bond motifs is 2. The zero-order valence-electron chi connectivity index (χ0n) is 11.2. The number of H-pyrrole nitrogens is 1. The van der Waals surface area contributed by atoms with Crippen molar-refractivity contribution in [3.05, 3.63) is 51.5 Å². The van der Waals surface area contributed by atoms with E-state index < -0.39 is 0 Å². The number of nitrogens with two attached hydrogens (primary N) is 1. The van der Waals surface area contributed by atoms with Crippen molar-refractivity contribution in [1.82, 2.24) is 9.97 Å². The number of hydrogen-bond donors (Lipinski definition) is 2. The summed E-state index contributed by atoms with van der Waals surface area (Å²) in [5.74, 6) is 1.52. The van der Waals surface area contributed by atoms with Gasteiger partial charge in [0, 0.05) is 17.3 Å². The van der Waals surface area contributed by atoms with Crippen molar-refractivity contribution in [2.24, 2.45) is 5.73 Å². The zero-order chi connectivity index (χ0) is 13.5. The average molecular weight is 283 g/mol. The number of hydrogen-bond acceptors (Lipinski definition) is 3. The summed E-state index contributed by atoms with van der Waals surface area (Å²) in [6.45, 7) is 0.538. The highest BCUT2D eigenvalue weighted by molar-refractivity contribution is 7.10. The summed E-state index contributed by atoms with van der Waals surface area (Å²) in [5.41, 5.74) is 10.5. The predicted octanol–water partition coefficient (Wildman–Crippen LogP) is 3.55. The molecule has 1 aliphatic rings. The van der Waals surface area contributed by atoms with Gasteiger partial charge in [-0.25, -0.2) is 4.98 Å².